The Kier molecular flexibility index (Phi) is 4.35. The molecule has 0 saturated heterocycles. The van der Waals surface area contributed by atoms with Crippen molar-refractivity contribution in [1.29, 1.82) is 0 Å². The number of likely N-dealkylation sites (N-methyl/N-ethyl adjacent to an activating group) is 1. The van der Waals surface area contributed by atoms with Crippen LogP contribution in [-0.4, -0.2) is 41.4 Å². The van der Waals surface area contributed by atoms with Crippen molar-refractivity contribution in [2.45, 2.75) is 53.1 Å². The van der Waals surface area contributed by atoms with Crippen LogP contribution in [0.1, 0.15) is 48.6 Å². The van der Waals surface area contributed by atoms with Crippen molar-refractivity contribution >= 4 is 11.9 Å². The predicted molar refractivity (Wildman–Crippen MR) is 98.2 cm³/mol. The van der Waals surface area contributed by atoms with E-state index < -0.39 is 0 Å². The Labute approximate surface area is 149 Å². The van der Waals surface area contributed by atoms with Crippen LogP contribution >= 0.6 is 0 Å². The van der Waals surface area contributed by atoms with E-state index >= 15 is 0 Å². The minimum Gasteiger partial charge on any atom is -0.330 e. The van der Waals surface area contributed by atoms with Gasteiger partial charge in [0, 0.05) is 13.1 Å². The first-order valence-electron chi connectivity index (χ1n) is 8.92. The summed E-state index contributed by atoms with van der Waals surface area (Å²) in [6.45, 7) is 10.8. The normalized spacial score (nSPS) is 21.6. The molecule has 2 heterocycles. The molecule has 0 saturated carbocycles. The van der Waals surface area contributed by atoms with Gasteiger partial charge in [0.1, 0.15) is 0 Å². The van der Waals surface area contributed by atoms with E-state index in [0.717, 1.165) is 23.2 Å². The Morgan fingerprint density at radius 1 is 1.16 bits per heavy atom. The number of urea groups is 1. The first-order valence-corrected chi connectivity index (χ1v) is 8.92. The lowest BCUT2D eigenvalue weighted by Gasteiger charge is -2.32. The van der Waals surface area contributed by atoms with E-state index in [2.05, 4.69) is 45.1 Å². The summed E-state index contributed by atoms with van der Waals surface area (Å²) in [4.78, 5) is 29.1. The molecule has 2 aliphatic rings. The van der Waals surface area contributed by atoms with E-state index in [9.17, 15) is 9.59 Å². The summed E-state index contributed by atoms with van der Waals surface area (Å²) >= 11 is 0. The van der Waals surface area contributed by atoms with Crippen LogP contribution in [0.5, 0.6) is 0 Å². The summed E-state index contributed by atoms with van der Waals surface area (Å²) in [5.41, 5.74) is 6.04. The number of aryl methyl sites for hydroxylation is 3. The fraction of sp³-hybridized carbons (Fsp3) is 0.500. The van der Waals surface area contributed by atoms with Gasteiger partial charge in [-0.25, -0.2) is 4.79 Å². The molecule has 1 N–H and O–H groups in total. The van der Waals surface area contributed by atoms with Crippen LogP contribution in [0.25, 0.3) is 0 Å². The van der Waals surface area contributed by atoms with Gasteiger partial charge in [0.2, 0.25) is 0 Å². The van der Waals surface area contributed by atoms with Crippen LogP contribution in [-0.2, 0) is 4.79 Å². The Balaban J connectivity index is 2.10. The molecular weight excluding hydrogens is 314 g/mol. The number of hydrogen-bond acceptors (Lipinski definition) is 2. The third-order valence-corrected chi connectivity index (χ3v) is 5.70. The molecule has 0 spiro atoms. The lowest BCUT2D eigenvalue weighted by atomic mass is 9.90. The molecule has 2 unspecified atom stereocenters. The topological polar surface area (TPSA) is 52.7 Å². The molecule has 5 heteroatoms. The molecule has 2 aliphatic heterocycles. The maximum Gasteiger partial charge on any atom is 0.322 e. The van der Waals surface area contributed by atoms with Gasteiger partial charge in [-0.2, -0.15) is 0 Å². The minimum atomic E-state index is -0.375. The molecule has 1 aromatic rings. The first-order chi connectivity index (χ1) is 11.8. The molecule has 5 nitrogen and oxygen atoms in total. The number of nitrogens with one attached hydrogen (secondary N) is 1. The third-order valence-electron chi connectivity index (χ3n) is 5.70. The van der Waals surface area contributed by atoms with E-state index in [-0.39, 0.29) is 24.0 Å². The number of amides is 3. The number of hydrogen-bond donors (Lipinski definition) is 1. The minimum absolute atomic E-state index is 0.0406. The molecule has 0 aliphatic carbocycles. The van der Waals surface area contributed by atoms with E-state index in [0.29, 0.717) is 12.1 Å². The fourth-order valence-corrected chi connectivity index (χ4v) is 3.69. The first kappa shape index (κ1) is 17.5. The molecule has 0 fully saturated rings. The second-order valence-corrected chi connectivity index (χ2v) is 7.29. The summed E-state index contributed by atoms with van der Waals surface area (Å²) in [5, 5.41) is 3.03. The third kappa shape index (κ3) is 2.71. The summed E-state index contributed by atoms with van der Waals surface area (Å²) in [6, 6.07) is 3.86. The van der Waals surface area contributed by atoms with Crippen molar-refractivity contribution in [2.24, 2.45) is 0 Å². The van der Waals surface area contributed by atoms with Gasteiger partial charge in [-0.3, -0.25) is 9.69 Å². The van der Waals surface area contributed by atoms with Crippen LogP contribution in [0, 0.1) is 20.8 Å². The summed E-state index contributed by atoms with van der Waals surface area (Å²) < 4.78 is 0. The van der Waals surface area contributed by atoms with Gasteiger partial charge in [-0.15, -0.1) is 0 Å². The highest BCUT2D eigenvalue weighted by Crippen LogP contribution is 2.38. The maximum absolute atomic E-state index is 13.1. The van der Waals surface area contributed by atoms with Crippen molar-refractivity contribution < 1.29 is 9.59 Å². The quantitative estimate of drug-likeness (QED) is 0.918. The van der Waals surface area contributed by atoms with Gasteiger partial charge in [0.15, 0.2) is 0 Å². The lowest BCUT2D eigenvalue weighted by molar-refractivity contribution is -0.127. The van der Waals surface area contributed by atoms with Crippen molar-refractivity contribution in [3.8, 4) is 0 Å². The zero-order valence-corrected chi connectivity index (χ0v) is 15.9. The van der Waals surface area contributed by atoms with Gasteiger partial charge in [-0.1, -0.05) is 19.1 Å². The highest BCUT2D eigenvalue weighted by Gasteiger charge is 2.44. The average molecular weight is 341 g/mol. The Morgan fingerprint density at radius 2 is 1.80 bits per heavy atom. The molecule has 1 aromatic carbocycles. The van der Waals surface area contributed by atoms with E-state index in [1.165, 1.54) is 11.1 Å². The van der Waals surface area contributed by atoms with Crippen LogP contribution in [0.3, 0.4) is 0 Å². The van der Waals surface area contributed by atoms with Gasteiger partial charge >= 0.3 is 6.03 Å². The number of benzene rings is 1. The Morgan fingerprint density at radius 3 is 2.44 bits per heavy atom. The second-order valence-electron chi connectivity index (χ2n) is 7.29. The SMILES string of the molecule is CCC(C)N1CC2=C(C1=O)C(c1cc(C)c(C)cc1C)NC(=O)N2C. The average Bonchev–Trinajstić information content (AvgIpc) is 2.92. The summed E-state index contributed by atoms with van der Waals surface area (Å²) in [6.07, 6.45) is 0.894. The molecule has 3 amide bonds. The molecule has 134 valence electrons. The largest absolute Gasteiger partial charge is 0.330 e. The van der Waals surface area contributed by atoms with Gasteiger partial charge in [0.05, 0.1) is 23.9 Å². The van der Waals surface area contributed by atoms with Crippen molar-refractivity contribution in [1.82, 2.24) is 15.1 Å². The van der Waals surface area contributed by atoms with Crippen molar-refractivity contribution in [3.63, 3.8) is 0 Å². The number of nitrogens with zero attached hydrogens (tertiary/aromatic N) is 2. The van der Waals surface area contributed by atoms with Crippen molar-refractivity contribution in [3.05, 3.63) is 45.7 Å². The highest BCUT2D eigenvalue weighted by molar-refractivity contribution is 6.01. The molecule has 0 aromatic heterocycles. The maximum atomic E-state index is 13.1. The monoisotopic (exact) mass is 341 g/mol. The number of carbonyl (C=O) groups excluding carboxylic acids is 2. The summed E-state index contributed by atoms with van der Waals surface area (Å²) in [5.74, 6) is 0.0406. The van der Waals surface area contributed by atoms with E-state index in [1.54, 1.807) is 11.9 Å². The Bertz CT molecular complexity index is 781. The second kappa shape index (κ2) is 6.21. The molecule has 3 rings (SSSR count). The zero-order valence-electron chi connectivity index (χ0n) is 15.9. The lowest BCUT2D eigenvalue weighted by Crippen LogP contribution is -2.45. The van der Waals surface area contributed by atoms with Gasteiger partial charge in [-0.05, 0) is 56.4 Å². The Hall–Kier alpha value is -2.30. The fourth-order valence-electron chi connectivity index (χ4n) is 3.69. The summed E-state index contributed by atoms with van der Waals surface area (Å²) in [7, 11) is 1.74. The number of rotatable bonds is 3. The smallest absolute Gasteiger partial charge is 0.322 e. The molecule has 25 heavy (non-hydrogen) atoms. The predicted octanol–water partition coefficient (Wildman–Crippen LogP) is 3.20. The van der Waals surface area contributed by atoms with Gasteiger partial charge in [0.25, 0.3) is 5.91 Å². The van der Waals surface area contributed by atoms with Crippen LogP contribution < -0.4 is 5.32 Å². The van der Waals surface area contributed by atoms with E-state index in [4.69, 9.17) is 0 Å². The van der Waals surface area contributed by atoms with Crippen LogP contribution in [0.2, 0.25) is 0 Å². The van der Waals surface area contributed by atoms with E-state index in [1.807, 2.05) is 11.8 Å². The highest BCUT2D eigenvalue weighted by atomic mass is 16.2. The molecule has 0 bridgehead atoms. The van der Waals surface area contributed by atoms with Crippen LogP contribution in [0.4, 0.5) is 4.79 Å². The van der Waals surface area contributed by atoms with Crippen LogP contribution in [0.15, 0.2) is 23.4 Å². The van der Waals surface area contributed by atoms with Crippen molar-refractivity contribution in [2.75, 3.05) is 13.6 Å². The molecule has 0 radical (unpaired) electrons. The standard InChI is InChI=1S/C20H27N3O2/c1-7-14(5)23-10-16-17(19(23)24)18(21-20(25)22(16)6)15-9-12(3)11(2)8-13(15)4/h8-9,14,18H,7,10H2,1-6H3,(H,21,25). The molecular formula is C20H27N3O2. The van der Waals surface area contributed by atoms with Gasteiger partial charge < -0.3 is 10.2 Å². The molecule has 2 atom stereocenters. The number of carbonyl (C=O) groups is 2. The zero-order chi connectivity index (χ0) is 18.5.